The summed E-state index contributed by atoms with van der Waals surface area (Å²) in [6.07, 6.45) is 0.898. The van der Waals surface area contributed by atoms with Crippen LogP contribution in [0.4, 0.5) is 10.1 Å². The van der Waals surface area contributed by atoms with Crippen molar-refractivity contribution in [1.29, 1.82) is 0 Å². The molecule has 0 aromatic heterocycles. The predicted molar refractivity (Wildman–Crippen MR) is 74.1 cm³/mol. The van der Waals surface area contributed by atoms with Gasteiger partial charge < -0.3 is 10.2 Å². The number of hydrogen-bond donors (Lipinski definition) is 1. The molecule has 1 saturated heterocycles. The Labute approximate surface area is 119 Å². The van der Waals surface area contributed by atoms with Crippen LogP contribution in [0.25, 0.3) is 0 Å². The maximum Gasteiger partial charge on any atom is 0.143 e. The molecule has 2 aliphatic rings. The molecule has 0 aliphatic carbocycles. The molecule has 1 N–H and O–H groups in total. The molecule has 0 spiro atoms. The van der Waals surface area contributed by atoms with E-state index in [1.54, 1.807) is 6.07 Å². The monoisotopic (exact) mass is 340 g/mol. The van der Waals surface area contributed by atoms with Crippen molar-refractivity contribution in [2.75, 3.05) is 24.5 Å². The minimum atomic E-state index is -0.333. The Kier molecular flexibility index (Phi) is 3.88. The molecule has 1 aromatic carbocycles. The maximum atomic E-state index is 13.5. The van der Waals surface area contributed by atoms with E-state index >= 15 is 0 Å². The van der Waals surface area contributed by atoms with Crippen molar-refractivity contribution in [1.82, 2.24) is 5.32 Å². The second-order valence-corrected chi connectivity index (χ2v) is 5.42. The number of nitrogens with zero attached hydrogens (tertiary/aromatic N) is 1. The molecule has 3 rings (SSSR count). The van der Waals surface area contributed by atoms with Crippen LogP contribution in [0.3, 0.4) is 0 Å². The molecule has 2 aliphatic heterocycles. The number of hydrogen-bond acceptors (Lipinski definition) is 2. The van der Waals surface area contributed by atoms with E-state index in [-0.39, 0.29) is 23.2 Å². The Hall–Kier alpha value is -0.0300. The van der Waals surface area contributed by atoms with E-state index in [2.05, 4.69) is 26.1 Å². The minimum Gasteiger partial charge on any atom is -0.364 e. The van der Waals surface area contributed by atoms with Crippen LogP contribution in [0.1, 0.15) is 5.56 Å². The third-order valence-electron chi connectivity index (χ3n) is 3.31. The topological polar surface area (TPSA) is 15.3 Å². The van der Waals surface area contributed by atoms with Gasteiger partial charge in [0.2, 0.25) is 0 Å². The highest BCUT2D eigenvalue weighted by Gasteiger charge is 2.34. The second-order valence-electron chi connectivity index (χ2n) is 4.25. The lowest BCUT2D eigenvalue weighted by atomic mass is 10.1. The van der Waals surface area contributed by atoms with Gasteiger partial charge in [-0.3, -0.25) is 0 Å². The van der Waals surface area contributed by atoms with Crippen molar-refractivity contribution in [3.05, 3.63) is 26.9 Å². The molecule has 1 unspecified atom stereocenters. The molecular weight excluding hydrogens is 330 g/mol. The summed E-state index contributed by atoms with van der Waals surface area (Å²) in [6.45, 7) is 2.88. The Balaban J connectivity index is 0.00000108. The van der Waals surface area contributed by atoms with Crippen LogP contribution >= 0.6 is 39.9 Å². The largest absolute Gasteiger partial charge is 0.364 e. The molecule has 1 atom stereocenters. The van der Waals surface area contributed by atoms with Crippen molar-refractivity contribution in [3.8, 4) is 0 Å². The molecule has 17 heavy (non-hydrogen) atoms. The molecule has 0 bridgehead atoms. The molecule has 2 heterocycles. The fourth-order valence-corrected chi connectivity index (χ4v) is 3.41. The Morgan fingerprint density at radius 1 is 1.53 bits per heavy atom. The molecular formula is C11H12BrCl2FN2. The summed E-state index contributed by atoms with van der Waals surface area (Å²) < 4.78 is 14.2. The average Bonchev–Trinajstić information content (AvgIpc) is 2.64. The van der Waals surface area contributed by atoms with Crippen LogP contribution in [0.2, 0.25) is 5.02 Å². The van der Waals surface area contributed by atoms with Crippen LogP contribution < -0.4 is 10.2 Å². The van der Waals surface area contributed by atoms with E-state index in [9.17, 15) is 4.39 Å². The highest BCUT2D eigenvalue weighted by Crippen LogP contribution is 2.43. The van der Waals surface area contributed by atoms with Gasteiger partial charge in [-0.05, 0) is 34.0 Å². The van der Waals surface area contributed by atoms with Gasteiger partial charge in [0, 0.05) is 25.7 Å². The molecule has 94 valence electrons. The van der Waals surface area contributed by atoms with Gasteiger partial charge in [-0.2, -0.15) is 0 Å². The van der Waals surface area contributed by atoms with Crippen LogP contribution in [0, 0.1) is 5.82 Å². The average molecular weight is 342 g/mol. The van der Waals surface area contributed by atoms with Gasteiger partial charge in [-0.1, -0.05) is 11.6 Å². The van der Waals surface area contributed by atoms with Gasteiger partial charge in [-0.15, -0.1) is 12.4 Å². The number of fused-ring (bicyclic) bond motifs is 3. The van der Waals surface area contributed by atoms with Gasteiger partial charge in [0.25, 0.3) is 0 Å². The van der Waals surface area contributed by atoms with Gasteiger partial charge >= 0.3 is 0 Å². The molecule has 0 saturated carbocycles. The van der Waals surface area contributed by atoms with Crippen LogP contribution in [0.5, 0.6) is 0 Å². The number of benzene rings is 1. The van der Waals surface area contributed by atoms with Gasteiger partial charge in [0.05, 0.1) is 15.2 Å². The van der Waals surface area contributed by atoms with Gasteiger partial charge in [0.15, 0.2) is 0 Å². The van der Waals surface area contributed by atoms with Crippen molar-refractivity contribution in [3.63, 3.8) is 0 Å². The van der Waals surface area contributed by atoms with E-state index in [0.29, 0.717) is 10.5 Å². The zero-order valence-corrected chi connectivity index (χ0v) is 12.1. The Morgan fingerprint density at radius 3 is 3.06 bits per heavy atom. The molecule has 0 radical (unpaired) electrons. The normalized spacial score (nSPS) is 21.8. The van der Waals surface area contributed by atoms with E-state index in [0.717, 1.165) is 37.3 Å². The fraction of sp³-hybridized carbons (Fsp3) is 0.455. The van der Waals surface area contributed by atoms with E-state index in [1.807, 2.05) is 0 Å². The number of anilines is 1. The number of nitrogens with one attached hydrogen (secondary N) is 1. The zero-order chi connectivity index (χ0) is 11.3. The summed E-state index contributed by atoms with van der Waals surface area (Å²) in [6, 6.07) is 2.01. The van der Waals surface area contributed by atoms with E-state index < -0.39 is 0 Å². The minimum absolute atomic E-state index is 0. The van der Waals surface area contributed by atoms with Crippen LogP contribution in [-0.2, 0) is 6.42 Å². The first kappa shape index (κ1) is 13.4. The lowest BCUT2D eigenvalue weighted by molar-refractivity contribution is 0.494. The van der Waals surface area contributed by atoms with Crippen molar-refractivity contribution in [2.45, 2.75) is 12.5 Å². The van der Waals surface area contributed by atoms with E-state index in [1.165, 1.54) is 0 Å². The first-order valence-electron chi connectivity index (χ1n) is 5.32. The summed E-state index contributed by atoms with van der Waals surface area (Å²) in [5.41, 5.74) is 2.14. The fourth-order valence-electron chi connectivity index (χ4n) is 2.59. The van der Waals surface area contributed by atoms with Crippen molar-refractivity contribution < 1.29 is 4.39 Å². The van der Waals surface area contributed by atoms with Crippen molar-refractivity contribution in [2.24, 2.45) is 0 Å². The van der Waals surface area contributed by atoms with Crippen LogP contribution in [-0.4, -0.2) is 25.7 Å². The summed E-state index contributed by atoms with van der Waals surface area (Å²) >= 11 is 9.34. The quantitative estimate of drug-likeness (QED) is 0.730. The second kappa shape index (κ2) is 4.92. The number of rotatable bonds is 0. The zero-order valence-electron chi connectivity index (χ0n) is 8.97. The molecule has 1 fully saturated rings. The number of piperazine rings is 1. The highest BCUT2D eigenvalue weighted by molar-refractivity contribution is 9.10. The standard InChI is InChI=1S/C11H11BrClFN2.ClH/c12-9-10(13)8(14)4-6-3-7-5-15-1-2-16(7)11(6)9;/h4,7,15H,1-3,5H2;1H. The molecule has 1 aromatic rings. The smallest absolute Gasteiger partial charge is 0.143 e. The van der Waals surface area contributed by atoms with Gasteiger partial charge in [0.1, 0.15) is 5.82 Å². The molecule has 0 amide bonds. The summed E-state index contributed by atoms with van der Waals surface area (Å²) in [7, 11) is 0. The first-order chi connectivity index (χ1) is 7.68. The summed E-state index contributed by atoms with van der Waals surface area (Å²) in [5, 5.41) is 3.55. The Morgan fingerprint density at radius 2 is 2.29 bits per heavy atom. The summed E-state index contributed by atoms with van der Waals surface area (Å²) in [5.74, 6) is -0.333. The van der Waals surface area contributed by atoms with E-state index in [4.69, 9.17) is 11.6 Å². The summed E-state index contributed by atoms with van der Waals surface area (Å²) in [4.78, 5) is 2.32. The highest BCUT2D eigenvalue weighted by atomic mass is 79.9. The Bertz CT molecular complexity index is 456. The molecule has 6 heteroatoms. The predicted octanol–water partition coefficient (Wildman–Crippen LogP) is 3.00. The maximum absolute atomic E-state index is 13.5. The third kappa shape index (κ3) is 2.05. The SMILES string of the molecule is Cl.Fc1cc2c(c(Br)c1Cl)N1CCNCC1C2. The third-order valence-corrected chi connectivity index (χ3v) is 4.68. The lowest BCUT2D eigenvalue weighted by Gasteiger charge is -2.33. The first-order valence-corrected chi connectivity index (χ1v) is 6.49. The van der Waals surface area contributed by atoms with Crippen molar-refractivity contribution >= 4 is 45.6 Å². The van der Waals surface area contributed by atoms with Crippen LogP contribution in [0.15, 0.2) is 10.5 Å². The lowest BCUT2D eigenvalue weighted by Crippen LogP contribution is -2.49. The molecule has 2 nitrogen and oxygen atoms in total. The number of halogens is 4. The van der Waals surface area contributed by atoms with Gasteiger partial charge in [-0.25, -0.2) is 4.39 Å².